The smallest absolute Gasteiger partial charge is 0.226 e. The molecule has 0 amide bonds. The summed E-state index contributed by atoms with van der Waals surface area (Å²) < 4.78 is 7.06. The molecular weight excluding hydrogens is 242 g/mol. The maximum atomic E-state index is 5.77. The maximum absolute atomic E-state index is 5.77. The molecule has 1 aliphatic heterocycles. The van der Waals surface area contributed by atoms with E-state index in [4.69, 9.17) is 9.73 Å². The van der Waals surface area contributed by atoms with Gasteiger partial charge in [-0.2, -0.15) is 0 Å². The van der Waals surface area contributed by atoms with Gasteiger partial charge >= 0.3 is 0 Å². The molecule has 0 fully saturated rings. The fraction of sp³-hybridized carbons (Fsp3) is 0.400. The lowest BCUT2D eigenvalue weighted by Crippen LogP contribution is -2.25. The lowest BCUT2D eigenvalue weighted by Gasteiger charge is -2.21. The van der Waals surface area contributed by atoms with Crippen molar-refractivity contribution in [1.29, 1.82) is 0 Å². The van der Waals surface area contributed by atoms with E-state index in [0.717, 1.165) is 10.8 Å². The summed E-state index contributed by atoms with van der Waals surface area (Å²) in [6.07, 6.45) is 0. The number of hydrogen-bond donors (Lipinski definition) is 0. The van der Waals surface area contributed by atoms with E-state index in [9.17, 15) is 0 Å². The van der Waals surface area contributed by atoms with Crippen LogP contribution in [0.25, 0.3) is 10.1 Å². The van der Waals surface area contributed by atoms with Crippen LogP contribution in [0.3, 0.4) is 0 Å². The van der Waals surface area contributed by atoms with Crippen LogP contribution in [0, 0.1) is 5.41 Å². The molecule has 3 heteroatoms. The van der Waals surface area contributed by atoms with Gasteiger partial charge in [0.2, 0.25) is 5.90 Å². The number of hydrogen-bond acceptors (Lipinski definition) is 3. The van der Waals surface area contributed by atoms with Gasteiger partial charge in [0.05, 0.1) is 10.9 Å². The molecule has 1 aliphatic rings. The highest BCUT2D eigenvalue weighted by Gasteiger charge is 2.31. The summed E-state index contributed by atoms with van der Waals surface area (Å²) in [5, 5.41) is 1.27. The van der Waals surface area contributed by atoms with Crippen molar-refractivity contribution in [2.75, 3.05) is 6.61 Å². The van der Waals surface area contributed by atoms with Crippen LogP contribution in [0.15, 0.2) is 35.3 Å². The van der Waals surface area contributed by atoms with E-state index in [1.165, 1.54) is 10.1 Å². The molecule has 2 aromatic rings. The van der Waals surface area contributed by atoms with Crippen LogP contribution >= 0.6 is 11.3 Å². The molecule has 0 unspecified atom stereocenters. The highest BCUT2D eigenvalue weighted by atomic mass is 32.1. The van der Waals surface area contributed by atoms with Crippen molar-refractivity contribution in [3.8, 4) is 0 Å². The van der Waals surface area contributed by atoms with Crippen LogP contribution in [0.1, 0.15) is 25.6 Å². The minimum absolute atomic E-state index is 0.165. The molecule has 1 atom stereocenters. The summed E-state index contributed by atoms with van der Waals surface area (Å²) in [6.45, 7) is 7.32. The summed E-state index contributed by atoms with van der Waals surface area (Å²) in [4.78, 5) is 5.87. The van der Waals surface area contributed by atoms with Crippen LogP contribution in [0.4, 0.5) is 0 Å². The number of aliphatic imine (C=N–C) groups is 1. The summed E-state index contributed by atoms with van der Waals surface area (Å²) in [5.74, 6) is 0.816. The van der Waals surface area contributed by atoms with Gasteiger partial charge in [-0.1, -0.05) is 39.0 Å². The van der Waals surface area contributed by atoms with Crippen molar-refractivity contribution < 1.29 is 4.74 Å². The molecule has 0 bridgehead atoms. The van der Waals surface area contributed by atoms with Crippen molar-refractivity contribution in [3.05, 3.63) is 35.2 Å². The second-order valence-electron chi connectivity index (χ2n) is 5.78. The lowest BCUT2D eigenvalue weighted by molar-refractivity contribution is 0.236. The molecule has 0 saturated carbocycles. The molecule has 0 aliphatic carbocycles. The van der Waals surface area contributed by atoms with Crippen molar-refractivity contribution in [2.45, 2.75) is 26.8 Å². The van der Waals surface area contributed by atoms with Crippen molar-refractivity contribution in [1.82, 2.24) is 0 Å². The first kappa shape index (κ1) is 11.7. The Bertz CT molecular complexity index is 573. The first-order valence-corrected chi connectivity index (χ1v) is 7.05. The Morgan fingerprint density at radius 3 is 2.72 bits per heavy atom. The predicted octanol–water partition coefficient (Wildman–Crippen LogP) is 4.09. The normalized spacial score (nSPS) is 19.9. The number of fused-ring (bicyclic) bond motifs is 1. The summed E-state index contributed by atoms with van der Waals surface area (Å²) >= 11 is 1.75. The fourth-order valence-corrected chi connectivity index (χ4v) is 3.05. The van der Waals surface area contributed by atoms with Crippen molar-refractivity contribution in [2.24, 2.45) is 10.4 Å². The third-order valence-electron chi connectivity index (χ3n) is 3.29. The average molecular weight is 259 g/mol. The number of thiophene rings is 1. The van der Waals surface area contributed by atoms with E-state index in [1.807, 2.05) is 0 Å². The molecule has 0 spiro atoms. The number of nitrogens with zero attached hydrogens (tertiary/aromatic N) is 1. The highest BCUT2D eigenvalue weighted by molar-refractivity contribution is 7.20. The standard InChI is InChI=1S/C15H17NOS/c1-15(2,3)13-9-17-14(16-13)12-8-10-6-4-5-7-11(10)18-12/h4-8,13H,9H2,1-3H3/t13-/m1/s1. The lowest BCUT2D eigenvalue weighted by atomic mass is 9.88. The van der Waals surface area contributed by atoms with Gasteiger partial charge in [0.25, 0.3) is 0 Å². The topological polar surface area (TPSA) is 21.6 Å². The Morgan fingerprint density at radius 2 is 2.06 bits per heavy atom. The third-order valence-corrected chi connectivity index (χ3v) is 4.39. The highest BCUT2D eigenvalue weighted by Crippen LogP contribution is 2.31. The van der Waals surface area contributed by atoms with E-state index in [1.54, 1.807) is 11.3 Å². The molecule has 2 nitrogen and oxygen atoms in total. The van der Waals surface area contributed by atoms with Gasteiger partial charge < -0.3 is 4.74 Å². The minimum Gasteiger partial charge on any atom is -0.475 e. The molecule has 0 saturated heterocycles. The van der Waals surface area contributed by atoms with Crippen LogP contribution in [0.2, 0.25) is 0 Å². The van der Waals surface area contributed by atoms with E-state index >= 15 is 0 Å². The molecule has 1 aromatic heterocycles. The third kappa shape index (κ3) is 2.03. The number of ether oxygens (including phenoxy) is 1. The second kappa shape index (κ2) is 4.09. The zero-order chi connectivity index (χ0) is 12.8. The molecule has 2 heterocycles. The Morgan fingerprint density at radius 1 is 1.28 bits per heavy atom. The molecule has 0 radical (unpaired) electrons. The Balaban J connectivity index is 1.96. The molecule has 3 rings (SSSR count). The zero-order valence-electron chi connectivity index (χ0n) is 10.9. The second-order valence-corrected chi connectivity index (χ2v) is 6.86. The first-order valence-electron chi connectivity index (χ1n) is 6.23. The van der Waals surface area contributed by atoms with Crippen LogP contribution in [-0.4, -0.2) is 18.5 Å². The molecule has 0 N–H and O–H groups in total. The molecule has 1 aromatic carbocycles. The minimum atomic E-state index is 0.165. The van der Waals surface area contributed by atoms with Crippen molar-refractivity contribution >= 4 is 27.3 Å². The van der Waals surface area contributed by atoms with E-state index in [0.29, 0.717) is 6.61 Å². The van der Waals surface area contributed by atoms with Gasteiger partial charge in [0.1, 0.15) is 6.61 Å². The number of benzene rings is 1. The Kier molecular flexibility index (Phi) is 2.67. The van der Waals surface area contributed by atoms with Crippen LogP contribution in [-0.2, 0) is 4.74 Å². The maximum Gasteiger partial charge on any atom is 0.226 e. The fourth-order valence-electron chi connectivity index (χ4n) is 2.04. The van der Waals surface area contributed by atoms with Crippen LogP contribution < -0.4 is 0 Å². The van der Waals surface area contributed by atoms with Crippen LogP contribution in [0.5, 0.6) is 0 Å². The quantitative estimate of drug-likeness (QED) is 0.755. The monoisotopic (exact) mass is 259 g/mol. The van der Waals surface area contributed by atoms with E-state index in [2.05, 4.69) is 51.1 Å². The van der Waals surface area contributed by atoms with Gasteiger partial charge in [-0.25, -0.2) is 4.99 Å². The zero-order valence-corrected chi connectivity index (χ0v) is 11.8. The largest absolute Gasteiger partial charge is 0.475 e. The van der Waals surface area contributed by atoms with Gasteiger partial charge in [0.15, 0.2) is 0 Å². The predicted molar refractivity (Wildman–Crippen MR) is 77.6 cm³/mol. The number of rotatable bonds is 1. The molecule has 18 heavy (non-hydrogen) atoms. The van der Waals surface area contributed by atoms with E-state index in [-0.39, 0.29) is 11.5 Å². The van der Waals surface area contributed by atoms with Gasteiger partial charge in [-0.15, -0.1) is 11.3 Å². The summed E-state index contributed by atoms with van der Waals surface area (Å²) in [7, 11) is 0. The van der Waals surface area contributed by atoms with Gasteiger partial charge in [-0.05, 0) is 22.9 Å². The van der Waals surface area contributed by atoms with Crippen molar-refractivity contribution in [3.63, 3.8) is 0 Å². The van der Waals surface area contributed by atoms with Gasteiger partial charge in [0, 0.05) is 4.70 Å². The average Bonchev–Trinajstić information content (AvgIpc) is 2.94. The molecule has 94 valence electrons. The molecular formula is C15H17NOS. The first-order chi connectivity index (χ1) is 8.54. The summed E-state index contributed by atoms with van der Waals surface area (Å²) in [6, 6.07) is 10.8. The SMILES string of the molecule is CC(C)(C)[C@H]1COC(c2cc3ccccc3s2)=N1. The van der Waals surface area contributed by atoms with E-state index < -0.39 is 0 Å². The van der Waals surface area contributed by atoms with Gasteiger partial charge in [-0.3, -0.25) is 0 Å². The Labute approximate surface area is 111 Å². The summed E-state index contributed by atoms with van der Waals surface area (Å²) in [5.41, 5.74) is 0.165. The Hall–Kier alpha value is -1.35.